The van der Waals surface area contributed by atoms with Crippen molar-refractivity contribution in [2.75, 3.05) is 36.8 Å². The summed E-state index contributed by atoms with van der Waals surface area (Å²) in [7, 11) is 0. The maximum absolute atomic E-state index is 11.4. The summed E-state index contributed by atoms with van der Waals surface area (Å²) in [6, 6.07) is 6.19. The van der Waals surface area contributed by atoms with Crippen LogP contribution in [0.1, 0.15) is 33.3 Å². The molecule has 1 saturated heterocycles. The van der Waals surface area contributed by atoms with Crippen LogP contribution in [0.25, 0.3) is 0 Å². The molecule has 0 aromatic heterocycles. The molecule has 1 aliphatic heterocycles. The third-order valence-electron chi connectivity index (χ3n) is 3.89. The Kier molecular flexibility index (Phi) is 4.45. The van der Waals surface area contributed by atoms with Crippen LogP contribution in [0.4, 0.5) is 11.4 Å². The number of piperazine rings is 1. The van der Waals surface area contributed by atoms with Crippen molar-refractivity contribution in [2.45, 2.75) is 34.1 Å². The number of hydrogen-bond donors (Lipinski definition) is 1. The summed E-state index contributed by atoms with van der Waals surface area (Å²) in [6.45, 7) is 11.8. The molecule has 4 nitrogen and oxygen atoms in total. The average molecular weight is 289 g/mol. The lowest BCUT2D eigenvalue weighted by Gasteiger charge is -2.37. The van der Waals surface area contributed by atoms with Crippen molar-refractivity contribution in [1.29, 1.82) is 0 Å². The van der Waals surface area contributed by atoms with Crippen LogP contribution < -0.4 is 10.6 Å². The standard InChI is InChI=1S/C17H27N3O/c1-13(21)19-7-9-20(10-8-19)16-6-5-15(18)11-14(16)12-17(2,3)4/h5-6,11H,7-10,12,18H2,1-4H3. The highest BCUT2D eigenvalue weighted by molar-refractivity contribution is 5.73. The van der Waals surface area contributed by atoms with Crippen molar-refractivity contribution >= 4 is 17.3 Å². The lowest BCUT2D eigenvalue weighted by atomic mass is 9.87. The fourth-order valence-corrected chi connectivity index (χ4v) is 2.89. The first kappa shape index (κ1) is 15.7. The van der Waals surface area contributed by atoms with E-state index in [1.54, 1.807) is 6.92 Å². The Bertz CT molecular complexity index is 511. The molecular weight excluding hydrogens is 262 g/mol. The van der Waals surface area contributed by atoms with Crippen LogP contribution in [0.2, 0.25) is 0 Å². The van der Waals surface area contributed by atoms with Gasteiger partial charge in [-0.15, -0.1) is 0 Å². The van der Waals surface area contributed by atoms with Gasteiger partial charge in [-0.1, -0.05) is 20.8 Å². The minimum Gasteiger partial charge on any atom is -0.399 e. The molecule has 0 unspecified atom stereocenters. The Morgan fingerprint density at radius 1 is 1.19 bits per heavy atom. The second-order valence-corrected chi connectivity index (χ2v) is 7.12. The van der Waals surface area contributed by atoms with Crippen molar-refractivity contribution in [3.05, 3.63) is 23.8 Å². The lowest BCUT2D eigenvalue weighted by Crippen LogP contribution is -2.48. The van der Waals surface area contributed by atoms with Crippen LogP contribution in [0.5, 0.6) is 0 Å². The van der Waals surface area contributed by atoms with E-state index in [2.05, 4.69) is 37.8 Å². The largest absolute Gasteiger partial charge is 0.399 e. The van der Waals surface area contributed by atoms with Gasteiger partial charge in [-0.05, 0) is 35.6 Å². The molecule has 1 heterocycles. The van der Waals surface area contributed by atoms with Crippen LogP contribution in [-0.2, 0) is 11.2 Å². The number of amides is 1. The van der Waals surface area contributed by atoms with E-state index in [0.29, 0.717) is 0 Å². The van der Waals surface area contributed by atoms with Crippen molar-refractivity contribution < 1.29 is 4.79 Å². The number of rotatable bonds is 2. The molecule has 1 fully saturated rings. The third kappa shape index (κ3) is 4.13. The van der Waals surface area contributed by atoms with E-state index < -0.39 is 0 Å². The first-order chi connectivity index (χ1) is 9.76. The second-order valence-electron chi connectivity index (χ2n) is 7.12. The topological polar surface area (TPSA) is 49.6 Å². The summed E-state index contributed by atoms with van der Waals surface area (Å²) in [5.74, 6) is 0.168. The molecule has 1 aliphatic rings. The van der Waals surface area contributed by atoms with Crippen molar-refractivity contribution in [3.63, 3.8) is 0 Å². The summed E-state index contributed by atoms with van der Waals surface area (Å²) in [4.78, 5) is 15.7. The Balaban J connectivity index is 2.18. The molecule has 0 saturated carbocycles. The van der Waals surface area contributed by atoms with Gasteiger partial charge in [0.15, 0.2) is 0 Å². The van der Waals surface area contributed by atoms with Crippen LogP contribution in [0.3, 0.4) is 0 Å². The van der Waals surface area contributed by atoms with Gasteiger partial charge in [0.25, 0.3) is 0 Å². The molecule has 2 N–H and O–H groups in total. The molecule has 0 atom stereocenters. The van der Waals surface area contributed by atoms with Gasteiger partial charge < -0.3 is 15.5 Å². The molecule has 1 aromatic carbocycles. The van der Waals surface area contributed by atoms with E-state index in [1.165, 1.54) is 11.3 Å². The van der Waals surface area contributed by atoms with E-state index in [1.807, 2.05) is 11.0 Å². The van der Waals surface area contributed by atoms with Gasteiger partial charge in [-0.25, -0.2) is 0 Å². The molecule has 0 aliphatic carbocycles. The van der Waals surface area contributed by atoms with Gasteiger partial charge in [-0.3, -0.25) is 4.79 Å². The number of anilines is 2. The van der Waals surface area contributed by atoms with Gasteiger partial charge in [0.2, 0.25) is 5.91 Å². The highest BCUT2D eigenvalue weighted by Gasteiger charge is 2.22. The summed E-state index contributed by atoms with van der Waals surface area (Å²) in [5.41, 5.74) is 9.58. The maximum atomic E-state index is 11.4. The number of nitrogen functional groups attached to an aromatic ring is 1. The Labute approximate surface area is 127 Å². The van der Waals surface area contributed by atoms with Crippen LogP contribution in [0.15, 0.2) is 18.2 Å². The minimum atomic E-state index is 0.168. The fourth-order valence-electron chi connectivity index (χ4n) is 2.89. The quantitative estimate of drug-likeness (QED) is 0.851. The number of benzene rings is 1. The average Bonchev–Trinajstić information content (AvgIpc) is 2.37. The molecule has 4 heteroatoms. The summed E-state index contributed by atoms with van der Waals surface area (Å²) >= 11 is 0. The highest BCUT2D eigenvalue weighted by Crippen LogP contribution is 2.30. The van der Waals surface area contributed by atoms with Crippen molar-refractivity contribution in [2.24, 2.45) is 5.41 Å². The van der Waals surface area contributed by atoms with Gasteiger partial charge in [0, 0.05) is 44.5 Å². The zero-order valence-corrected chi connectivity index (χ0v) is 13.6. The number of nitrogens with two attached hydrogens (primary N) is 1. The molecular formula is C17H27N3O. The third-order valence-corrected chi connectivity index (χ3v) is 3.89. The zero-order chi connectivity index (χ0) is 15.6. The minimum absolute atomic E-state index is 0.168. The maximum Gasteiger partial charge on any atom is 0.219 e. The summed E-state index contributed by atoms with van der Waals surface area (Å²) in [6.07, 6.45) is 1.00. The highest BCUT2D eigenvalue weighted by atomic mass is 16.2. The second kappa shape index (κ2) is 5.96. The number of carbonyl (C=O) groups is 1. The van der Waals surface area contributed by atoms with Crippen LogP contribution in [0, 0.1) is 5.41 Å². The monoisotopic (exact) mass is 289 g/mol. The van der Waals surface area contributed by atoms with Gasteiger partial charge in [0.05, 0.1) is 0 Å². The molecule has 0 radical (unpaired) electrons. The Morgan fingerprint density at radius 2 is 1.81 bits per heavy atom. The first-order valence-corrected chi connectivity index (χ1v) is 7.65. The predicted molar refractivity (Wildman–Crippen MR) is 88.5 cm³/mol. The number of hydrogen-bond acceptors (Lipinski definition) is 3. The van der Waals surface area contributed by atoms with Crippen LogP contribution in [-0.4, -0.2) is 37.0 Å². The van der Waals surface area contributed by atoms with Crippen molar-refractivity contribution in [1.82, 2.24) is 4.90 Å². The molecule has 21 heavy (non-hydrogen) atoms. The fraction of sp³-hybridized carbons (Fsp3) is 0.588. The van der Waals surface area contributed by atoms with Gasteiger partial charge in [0.1, 0.15) is 0 Å². The van der Waals surface area contributed by atoms with E-state index in [0.717, 1.165) is 38.3 Å². The summed E-state index contributed by atoms with van der Waals surface area (Å²) < 4.78 is 0. The Hall–Kier alpha value is -1.71. The van der Waals surface area contributed by atoms with Gasteiger partial charge in [-0.2, -0.15) is 0 Å². The lowest BCUT2D eigenvalue weighted by molar-refractivity contribution is -0.129. The molecule has 0 spiro atoms. The van der Waals surface area contributed by atoms with E-state index in [4.69, 9.17) is 5.73 Å². The molecule has 116 valence electrons. The molecule has 1 aromatic rings. The molecule has 1 amide bonds. The van der Waals surface area contributed by atoms with E-state index in [-0.39, 0.29) is 11.3 Å². The zero-order valence-electron chi connectivity index (χ0n) is 13.6. The molecule has 0 bridgehead atoms. The van der Waals surface area contributed by atoms with E-state index in [9.17, 15) is 4.79 Å². The van der Waals surface area contributed by atoms with Crippen molar-refractivity contribution in [3.8, 4) is 0 Å². The normalized spacial score (nSPS) is 16.2. The number of carbonyl (C=O) groups excluding carboxylic acids is 1. The van der Waals surface area contributed by atoms with Crippen LogP contribution >= 0.6 is 0 Å². The number of nitrogens with zero attached hydrogens (tertiary/aromatic N) is 2. The Morgan fingerprint density at radius 3 is 2.33 bits per heavy atom. The summed E-state index contributed by atoms with van der Waals surface area (Å²) in [5, 5.41) is 0. The predicted octanol–water partition coefficient (Wildman–Crippen LogP) is 2.53. The molecule has 2 rings (SSSR count). The SMILES string of the molecule is CC(=O)N1CCN(c2ccc(N)cc2CC(C)(C)C)CC1. The smallest absolute Gasteiger partial charge is 0.219 e. The van der Waals surface area contributed by atoms with Gasteiger partial charge >= 0.3 is 0 Å². The van der Waals surface area contributed by atoms with E-state index >= 15 is 0 Å². The first-order valence-electron chi connectivity index (χ1n) is 7.65.